The van der Waals surface area contributed by atoms with E-state index in [4.69, 9.17) is 0 Å². The largest absolute Gasteiger partial charge is 3.00 e. The molecule has 0 amide bonds. The maximum atomic E-state index is 0. The van der Waals surface area contributed by atoms with Crippen molar-refractivity contribution in [3.63, 3.8) is 0 Å². The van der Waals surface area contributed by atoms with Crippen molar-refractivity contribution in [1.82, 2.24) is 0 Å². The molecule has 0 aliphatic rings. The predicted octanol–water partition coefficient (Wildman–Crippen LogP) is -0.502. The first kappa shape index (κ1) is 29.2. The zero-order valence-corrected chi connectivity index (χ0v) is 9.82. The average molecular weight is 416 g/mol. The summed E-state index contributed by atoms with van der Waals surface area (Å²) in [5.41, 5.74) is 0. The summed E-state index contributed by atoms with van der Waals surface area (Å²) >= 11 is 0. The third kappa shape index (κ3) is 8.84. The predicted molar refractivity (Wildman–Crippen MR) is 6.44 cm³/mol. The molecule has 16 valence electrons. The second-order valence-electron chi connectivity index (χ2n) is 0. The summed E-state index contributed by atoms with van der Waals surface area (Å²) in [5, 5.41) is 0. The van der Waals surface area contributed by atoms with E-state index in [0.29, 0.717) is 0 Å². The van der Waals surface area contributed by atoms with Gasteiger partial charge in [-0.25, -0.2) is 0 Å². The normalized spacial score (nSPS) is 0. The van der Waals surface area contributed by atoms with Gasteiger partial charge in [0.05, 0.1) is 0 Å². The van der Waals surface area contributed by atoms with E-state index in [1.165, 1.54) is 0 Å². The van der Waals surface area contributed by atoms with Crippen LogP contribution < -0.4 is 0 Å². The molecule has 0 rings (SSSR count). The van der Waals surface area contributed by atoms with Gasteiger partial charge in [-0.1, -0.05) is 0 Å². The summed E-state index contributed by atoms with van der Waals surface area (Å²) < 4.78 is 0. The molecule has 0 atom stereocenters. The van der Waals surface area contributed by atoms with Gasteiger partial charge in [-0.15, -0.1) is 0 Å². The van der Waals surface area contributed by atoms with E-state index in [0.717, 1.165) is 0 Å². The minimum absolute atomic E-state index is 0. The van der Waals surface area contributed by atoms with Crippen LogP contribution in [0.1, 0.15) is 0 Å². The van der Waals surface area contributed by atoms with E-state index < -0.39 is 0 Å². The second-order valence-corrected chi connectivity index (χ2v) is 0. The maximum Gasteiger partial charge on any atom is 3.00 e. The summed E-state index contributed by atoms with van der Waals surface area (Å²) in [6.07, 6.45) is 0. The third-order valence-electron chi connectivity index (χ3n) is 0. The van der Waals surface area contributed by atoms with Gasteiger partial charge < -0.3 is 5.48 Å². The van der Waals surface area contributed by atoms with Gasteiger partial charge in [0.2, 0.25) is 0 Å². The van der Waals surface area contributed by atoms with Crippen molar-refractivity contribution in [3.05, 3.63) is 0 Å². The molecule has 0 heterocycles. The van der Waals surface area contributed by atoms with Crippen LogP contribution in [0.4, 0.5) is 0 Å². The van der Waals surface area contributed by atoms with E-state index in [1.54, 1.807) is 0 Å². The van der Waals surface area contributed by atoms with Gasteiger partial charge in [0.15, 0.2) is 0 Å². The molecule has 0 aliphatic carbocycles. The van der Waals surface area contributed by atoms with E-state index in [-0.39, 0.29) is 92.0 Å². The molecule has 0 aromatic rings. The van der Waals surface area contributed by atoms with Crippen LogP contribution in [-0.4, -0.2) is 26.2 Å². The van der Waals surface area contributed by atoms with Crippen molar-refractivity contribution >= 4 is 26.2 Å². The monoisotopic (exact) mass is 416 g/mol. The SMILES string of the molecule is [Bi+3].[Ce+3].[O-2].[V]. The van der Waals surface area contributed by atoms with Gasteiger partial charge in [-0.2, -0.15) is 0 Å². The molecular formula is BiCeOV+4. The smallest absolute Gasteiger partial charge is 2.00 e. The minimum atomic E-state index is 0. The fraction of sp³-hybridized carbons (Fsp3) is 0. The van der Waals surface area contributed by atoms with Crippen LogP contribution in [0.2, 0.25) is 0 Å². The van der Waals surface area contributed by atoms with E-state index in [2.05, 4.69) is 0 Å². The van der Waals surface area contributed by atoms with E-state index in [1.807, 2.05) is 0 Å². The first-order chi connectivity index (χ1) is 0. The molecule has 4 heavy (non-hydrogen) atoms. The van der Waals surface area contributed by atoms with Crippen molar-refractivity contribution in [2.75, 3.05) is 0 Å². The first-order valence-corrected chi connectivity index (χ1v) is 0. The summed E-state index contributed by atoms with van der Waals surface area (Å²) in [6.45, 7) is 0. The molecule has 0 saturated heterocycles. The maximum absolute atomic E-state index is 0. The summed E-state index contributed by atoms with van der Waals surface area (Å²) in [6, 6.07) is 0. The van der Waals surface area contributed by atoms with Gasteiger partial charge >= 0.3 is 68.0 Å². The van der Waals surface area contributed by atoms with E-state index in [9.17, 15) is 0 Å². The Morgan fingerprint density at radius 3 is 1.00 bits per heavy atom. The van der Waals surface area contributed by atoms with Crippen molar-refractivity contribution in [2.24, 2.45) is 0 Å². The second kappa shape index (κ2) is 17.0. The number of hydrogen-bond acceptors (Lipinski definition) is 0. The van der Waals surface area contributed by atoms with Crippen LogP contribution in [0.5, 0.6) is 0 Å². The zero-order valence-electron chi connectivity index (χ0n) is 1.80. The molecule has 0 aromatic carbocycles. The quantitative estimate of drug-likeness (QED) is 0.477. The van der Waals surface area contributed by atoms with Crippen molar-refractivity contribution < 1.29 is 65.8 Å². The molecule has 0 unspecified atom stereocenters. The molecule has 4 heteroatoms. The Labute approximate surface area is 90.0 Å². The number of rotatable bonds is 0. The van der Waals surface area contributed by atoms with Crippen LogP contribution >= 0.6 is 0 Å². The Hall–Kier alpha value is 2.80. The fourth-order valence-electron chi connectivity index (χ4n) is 0. The van der Waals surface area contributed by atoms with Crippen molar-refractivity contribution in [3.8, 4) is 0 Å². The average Bonchev–Trinajstić information content (AvgIpc) is 0. The van der Waals surface area contributed by atoms with Gasteiger partial charge in [0, 0.05) is 18.6 Å². The van der Waals surface area contributed by atoms with Crippen LogP contribution in [0.25, 0.3) is 0 Å². The zero-order chi connectivity index (χ0) is 0. The molecule has 0 aromatic heterocycles. The Kier molecular flexibility index (Phi) is 124. The van der Waals surface area contributed by atoms with Crippen LogP contribution in [0.3, 0.4) is 0 Å². The molecule has 0 fully saturated rings. The molecule has 0 aliphatic heterocycles. The summed E-state index contributed by atoms with van der Waals surface area (Å²) in [7, 11) is 0. The molecule has 0 saturated carbocycles. The van der Waals surface area contributed by atoms with Crippen molar-refractivity contribution in [1.29, 1.82) is 0 Å². The Balaban J connectivity index is 0. The van der Waals surface area contributed by atoms with Gasteiger partial charge in [0.25, 0.3) is 0 Å². The van der Waals surface area contributed by atoms with Crippen LogP contribution in [0.15, 0.2) is 0 Å². The fourth-order valence-corrected chi connectivity index (χ4v) is 0. The first-order valence-electron chi connectivity index (χ1n) is 0. The van der Waals surface area contributed by atoms with Gasteiger partial charge in [-0.05, 0) is 0 Å². The Morgan fingerprint density at radius 2 is 1.00 bits per heavy atom. The Morgan fingerprint density at radius 1 is 1.00 bits per heavy atom. The van der Waals surface area contributed by atoms with Gasteiger partial charge in [-0.3, -0.25) is 0 Å². The molecule has 0 bridgehead atoms. The molecule has 1 nitrogen and oxygen atoms in total. The standard InChI is InChI=1S/Bi.Ce.O.V/q2*+3;-2;. The molecule has 0 N–H and O–H groups in total. The number of hydrogen-bond donors (Lipinski definition) is 0. The molecule has 4 radical (unpaired) electrons. The van der Waals surface area contributed by atoms with E-state index >= 15 is 0 Å². The summed E-state index contributed by atoms with van der Waals surface area (Å²) in [4.78, 5) is 0. The van der Waals surface area contributed by atoms with Crippen LogP contribution in [0, 0.1) is 41.7 Å². The minimum Gasteiger partial charge on any atom is -2.00 e. The van der Waals surface area contributed by atoms with Crippen molar-refractivity contribution in [2.45, 2.75) is 0 Å². The topological polar surface area (TPSA) is 28.5 Å². The third-order valence-corrected chi connectivity index (χ3v) is 0. The molecular weight excluding hydrogens is 416 g/mol. The molecule has 0 spiro atoms. The summed E-state index contributed by atoms with van der Waals surface area (Å²) in [5.74, 6) is 0. The van der Waals surface area contributed by atoms with Gasteiger partial charge in [0.1, 0.15) is 0 Å². The Bertz CT molecular complexity index is 8.00. The van der Waals surface area contributed by atoms with Crippen LogP contribution in [-0.2, 0) is 24.0 Å².